The zero-order valence-electron chi connectivity index (χ0n) is 17.3. The number of methoxy groups -OCH3 is 1. The Morgan fingerprint density at radius 1 is 1.07 bits per heavy atom. The van der Waals surface area contributed by atoms with Gasteiger partial charge in [-0.3, -0.25) is 4.79 Å². The topological polar surface area (TPSA) is 84.5 Å². The average Bonchev–Trinajstić information content (AvgIpc) is 2.69. The van der Waals surface area contributed by atoms with Gasteiger partial charge in [-0.2, -0.15) is 0 Å². The van der Waals surface area contributed by atoms with E-state index >= 15 is 0 Å². The SMILES string of the molecule is CCCCCc1ccc(NC(=O)c2cc(S(=O)(=O)NCCOC)ccc2C)cc1. The van der Waals surface area contributed by atoms with E-state index in [1.807, 2.05) is 24.3 Å². The molecule has 0 fully saturated rings. The Hall–Kier alpha value is -2.22. The number of rotatable bonds is 11. The minimum atomic E-state index is -3.70. The summed E-state index contributed by atoms with van der Waals surface area (Å²) in [6.45, 7) is 4.39. The molecule has 0 unspecified atom stereocenters. The van der Waals surface area contributed by atoms with Gasteiger partial charge in [0.1, 0.15) is 0 Å². The fourth-order valence-corrected chi connectivity index (χ4v) is 3.95. The van der Waals surface area contributed by atoms with Gasteiger partial charge in [0.05, 0.1) is 11.5 Å². The third-order valence-electron chi connectivity index (χ3n) is 4.64. The molecular formula is C22H30N2O4S. The van der Waals surface area contributed by atoms with Crippen LogP contribution in [0.15, 0.2) is 47.4 Å². The van der Waals surface area contributed by atoms with Gasteiger partial charge in [0, 0.05) is 24.9 Å². The molecule has 29 heavy (non-hydrogen) atoms. The quantitative estimate of drug-likeness (QED) is 0.542. The fraction of sp³-hybridized carbons (Fsp3) is 0.409. The summed E-state index contributed by atoms with van der Waals surface area (Å²) in [6, 6.07) is 12.3. The first kappa shape index (κ1) is 23.1. The second-order valence-electron chi connectivity index (χ2n) is 6.98. The van der Waals surface area contributed by atoms with Crippen molar-refractivity contribution < 1.29 is 17.9 Å². The number of carbonyl (C=O) groups is 1. The van der Waals surface area contributed by atoms with Gasteiger partial charge < -0.3 is 10.1 Å². The van der Waals surface area contributed by atoms with Crippen LogP contribution >= 0.6 is 0 Å². The fourth-order valence-electron chi connectivity index (χ4n) is 2.91. The Labute approximate surface area is 173 Å². The molecule has 0 atom stereocenters. The van der Waals surface area contributed by atoms with Gasteiger partial charge in [0.15, 0.2) is 0 Å². The Balaban J connectivity index is 2.10. The molecule has 2 rings (SSSR count). The van der Waals surface area contributed by atoms with Crippen LogP contribution in [0.4, 0.5) is 5.69 Å². The van der Waals surface area contributed by atoms with Crippen molar-refractivity contribution in [2.45, 2.75) is 44.4 Å². The van der Waals surface area contributed by atoms with Crippen LogP contribution in [-0.2, 0) is 21.2 Å². The van der Waals surface area contributed by atoms with Crippen LogP contribution < -0.4 is 10.0 Å². The van der Waals surface area contributed by atoms with E-state index in [9.17, 15) is 13.2 Å². The van der Waals surface area contributed by atoms with Crippen LogP contribution in [0.3, 0.4) is 0 Å². The summed E-state index contributed by atoms with van der Waals surface area (Å²) in [5.74, 6) is -0.338. The number of unbranched alkanes of at least 4 members (excludes halogenated alkanes) is 2. The molecule has 0 saturated carbocycles. The van der Waals surface area contributed by atoms with E-state index in [4.69, 9.17) is 4.74 Å². The number of hydrogen-bond donors (Lipinski definition) is 2. The molecule has 1 amide bonds. The highest BCUT2D eigenvalue weighted by molar-refractivity contribution is 7.89. The van der Waals surface area contributed by atoms with E-state index in [0.717, 1.165) is 12.8 Å². The second-order valence-corrected chi connectivity index (χ2v) is 8.74. The molecule has 0 radical (unpaired) electrons. The van der Waals surface area contributed by atoms with Crippen molar-refractivity contribution in [3.63, 3.8) is 0 Å². The Morgan fingerprint density at radius 3 is 2.45 bits per heavy atom. The molecule has 0 heterocycles. The van der Waals surface area contributed by atoms with E-state index in [0.29, 0.717) is 16.8 Å². The molecule has 2 aromatic rings. The zero-order chi connectivity index (χ0) is 21.3. The highest BCUT2D eigenvalue weighted by Gasteiger charge is 2.18. The summed E-state index contributed by atoms with van der Waals surface area (Å²) in [7, 11) is -2.20. The lowest BCUT2D eigenvalue weighted by Gasteiger charge is -2.11. The third kappa shape index (κ3) is 6.96. The molecule has 0 aromatic heterocycles. The molecule has 0 aliphatic heterocycles. The Kier molecular flexibility index (Phi) is 8.82. The predicted octanol–water partition coefficient (Wildman–Crippen LogP) is 3.90. The van der Waals surface area contributed by atoms with Gasteiger partial charge in [-0.05, 0) is 55.2 Å². The van der Waals surface area contributed by atoms with E-state index in [2.05, 4.69) is 17.0 Å². The van der Waals surface area contributed by atoms with Crippen LogP contribution in [0.2, 0.25) is 0 Å². The molecule has 0 saturated heterocycles. The van der Waals surface area contributed by atoms with Gasteiger partial charge in [0.2, 0.25) is 10.0 Å². The summed E-state index contributed by atoms with van der Waals surface area (Å²) in [5, 5.41) is 2.85. The number of carbonyl (C=O) groups excluding carboxylic acids is 1. The van der Waals surface area contributed by atoms with Gasteiger partial charge in [-0.15, -0.1) is 0 Å². The highest BCUT2D eigenvalue weighted by atomic mass is 32.2. The molecular weight excluding hydrogens is 388 g/mol. The van der Waals surface area contributed by atoms with Crippen molar-refractivity contribution in [1.82, 2.24) is 4.72 Å². The lowest BCUT2D eigenvalue weighted by Crippen LogP contribution is -2.27. The average molecular weight is 419 g/mol. The molecule has 0 bridgehead atoms. The number of hydrogen-bond acceptors (Lipinski definition) is 4. The van der Waals surface area contributed by atoms with Crippen LogP contribution in [0.25, 0.3) is 0 Å². The number of sulfonamides is 1. The van der Waals surface area contributed by atoms with E-state index in [1.54, 1.807) is 13.0 Å². The Morgan fingerprint density at radius 2 is 1.79 bits per heavy atom. The number of ether oxygens (including phenoxy) is 1. The highest BCUT2D eigenvalue weighted by Crippen LogP contribution is 2.18. The Bertz CT molecular complexity index is 909. The molecule has 2 N–H and O–H groups in total. The summed E-state index contributed by atoms with van der Waals surface area (Å²) in [5.41, 5.74) is 2.95. The van der Waals surface area contributed by atoms with E-state index in [1.165, 1.54) is 37.6 Å². The first-order valence-corrected chi connectivity index (χ1v) is 11.3. The smallest absolute Gasteiger partial charge is 0.255 e. The molecule has 0 aliphatic carbocycles. The van der Waals surface area contributed by atoms with Crippen molar-refractivity contribution >= 4 is 21.6 Å². The van der Waals surface area contributed by atoms with Crippen LogP contribution in [0, 0.1) is 6.92 Å². The largest absolute Gasteiger partial charge is 0.383 e. The number of aryl methyl sites for hydroxylation is 2. The molecule has 0 spiro atoms. The standard InChI is InChI=1S/C22H30N2O4S/c1-4-5-6-7-18-9-11-19(12-10-18)24-22(25)21-16-20(13-8-17(21)2)29(26,27)23-14-15-28-3/h8-13,16,23H,4-7,14-15H2,1-3H3,(H,24,25). The molecule has 2 aromatic carbocycles. The second kappa shape index (κ2) is 11.1. The first-order chi connectivity index (χ1) is 13.9. The van der Waals surface area contributed by atoms with Crippen LogP contribution in [0.5, 0.6) is 0 Å². The summed E-state index contributed by atoms with van der Waals surface area (Å²) >= 11 is 0. The molecule has 7 heteroatoms. The van der Waals surface area contributed by atoms with Crippen molar-refractivity contribution in [3.05, 3.63) is 59.2 Å². The minimum Gasteiger partial charge on any atom is -0.383 e. The molecule has 6 nitrogen and oxygen atoms in total. The maximum absolute atomic E-state index is 12.7. The third-order valence-corrected chi connectivity index (χ3v) is 6.10. The minimum absolute atomic E-state index is 0.0515. The lowest BCUT2D eigenvalue weighted by molar-refractivity contribution is 0.102. The zero-order valence-corrected chi connectivity index (χ0v) is 18.1. The molecule has 158 valence electrons. The number of benzene rings is 2. The summed E-state index contributed by atoms with van der Waals surface area (Å²) in [6.07, 6.45) is 4.57. The van der Waals surface area contributed by atoms with Crippen molar-refractivity contribution in [3.8, 4) is 0 Å². The van der Waals surface area contributed by atoms with Crippen molar-refractivity contribution in [2.75, 3.05) is 25.6 Å². The van der Waals surface area contributed by atoms with Crippen LogP contribution in [-0.4, -0.2) is 34.6 Å². The number of anilines is 1. The number of nitrogens with one attached hydrogen (secondary N) is 2. The van der Waals surface area contributed by atoms with Gasteiger partial charge in [-0.1, -0.05) is 38.0 Å². The monoisotopic (exact) mass is 418 g/mol. The van der Waals surface area contributed by atoms with Gasteiger partial charge >= 0.3 is 0 Å². The predicted molar refractivity (Wildman–Crippen MR) is 116 cm³/mol. The van der Waals surface area contributed by atoms with Crippen molar-refractivity contribution in [1.29, 1.82) is 0 Å². The summed E-state index contributed by atoms with van der Waals surface area (Å²) in [4.78, 5) is 12.8. The van der Waals surface area contributed by atoms with Gasteiger partial charge in [0.25, 0.3) is 5.91 Å². The van der Waals surface area contributed by atoms with Gasteiger partial charge in [-0.25, -0.2) is 13.1 Å². The van der Waals surface area contributed by atoms with Crippen molar-refractivity contribution in [2.24, 2.45) is 0 Å². The lowest BCUT2D eigenvalue weighted by atomic mass is 10.1. The normalized spacial score (nSPS) is 11.4. The van der Waals surface area contributed by atoms with Crippen LogP contribution in [0.1, 0.15) is 47.7 Å². The number of amides is 1. The first-order valence-electron chi connectivity index (χ1n) is 9.87. The van der Waals surface area contributed by atoms with E-state index in [-0.39, 0.29) is 24.0 Å². The maximum atomic E-state index is 12.7. The molecule has 0 aliphatic rings. The maximum Gasteiger partial charge on any atom is 0.255 e. The summed E-state index contributed by atoms with van der Waals surface area (Å²) < 4.78 is 32.1. The van der Waals surface area contributed by atoms with E-state index < -0.39 is 10.0 Å².